The Hall–Kier alpha value is 0.200. The Balaban J connectivity index is 0.000001000. The van der Waals surface area contributed by atoms with Gasteiger partial charge in [0.05, 0.1) is 0 Å². The molecule has 0 amide bonds. The summed E-state index contributed by atoms with van der Waals surface area (Å²) in [5.74, 6) is 0. The number of nitrogens with two attached hydrogens (primary N) is 1. The first kappa shape index (κ1) is 11.2. The molecule has 62 valence electrons. The Morgan fingerprint density at radius 3 is 2.45 bits per heavy atom. The van der Waals surface area contributed by atoms with Crippen molar-refractivity contribution in [3.63, 3.8) is 0 Å². The minimum absolute atomic E-state index is 0. The van der Waals surface area contributed by atoms with E-state index < -0.39 is 0 Å². The maximum Gasteiger partial charge on any atom is 0.0266 e. The molecule has 1 nitrogen and oxygen atoms in total. The molecule has 0 aliphatic rings. The Morgan fingerprint density at radius 1 is 1.45 bits per heavy atom. The molecule has 0 aliphatic carbocycles. The first-order valence-electron chi connectivity index (χ1n) is 3.21. The molecule has 1 aromatic carbocycles. The summed E-state index contributed by atoms with van der Waals surface area (Å²) < 4.78 is 1.24. The Bertz CT molecular complexity index is 225. The van der Waals surface area contributed by atoms with Crippen molar-refractivity contribution >= 4 is 35.0 Å². The predicted octanol–water partition coefficient (Wildman–Crippen LogP) is 2.73. The van der Waals surface area contributed by atoms with Gasteiger partial charge in [-0.2, -0.15) is 0 Å². The molecular formula is C8H11ClIN. The van der Waals surface area contributed by atoms with Gasteiger partial charge < -0.3 is 5.73 Å². The molecule has 0 aliphatic heterocycles. The average molecular weight is 284 g/mol. The van der Waals surface area contributed by atoms with Crippen LogP contribution >= 0.6 is 35.0 Å². The standard InChI is InChI=1S/C8H10IN.ClH/c1-6(10)7-3-2-4-8(9)5-7;/h2-6H,10H2,1H3;1H/t6-;/m1./s1. The molecule has 2 N–H and O–H groups in total. The third-order valence-corrected chi connectivity index (χ3v) is 2.05. The number of hydrogen-bond acceptors (Lipinski definition) is 1. The van der Waals surface area contributed by atoms with E-state index in [0.29, 0.717) is 0 Å². The molecule has 11 heavy (non-hydrogen) atoms. The predicted molar refractivity (Wildman–Crippen MR) is 59.0 cm³/mol. The van der Waals surface area contributed by atoms with Crippen molar-refractivity contribution in [2.24, 2.45) is 5.73 Å². The van der Waals surface area contributed by atoms with Crippen molar-refractivity contribution < 1.29 is 0 Å². The van der Waals surface area contributed by atoms with Crippen LogP contribution in [0.3, 0.4) is 0 Å². The molecule has 1 atom stereocenters. The molecule has 0 fully saturated rings. The monoisotopic (exact) mass is 283 g/mol. The molecule has 0 radical (unpaired) electrons. The lowest BCUT2D eigenvalue weighted by Gasteiger charge is -2.04. The first-order chi connectivity index (χ1) is 4.70. The summed E-state index contributed by atoms with van der Waals surface area (Å²) in [6, 6.07) is 8.39. The topological polar surface area (TPSA) is 26.0 Å². The van der Waals surface area contributed by atoms with Gasteiger partial charge in [0.1, 0.15) is 0 Å². The van der Waals surface area contributed by atoms with E-state index in [9.17, 15) is 0 Å². The van der Waals surface area contributed by atoms with Crippen LogP contribution < -0.4 is 5.73 Å². The summed E-state index contributed by atoms with van der Waals surface area (Å²) in [7, 11) is 0. The first-order valence-corrected chi connectivity index (χ1v) is 4.29. The van der Waals surface area contributed by atoms with Gasteiger partial charge in [-0.1, -0.05) is 12.1 Å². The zero-order valence-corrected chi connectivity index (χ0v) is 9.22. The summed E-state index contributed by atoms with van der Waals surface area (Å²) in [5, 5.41) is 0. The lowest BCUT2D eigenvalue weighted by Crippen LogP contribution is -2.04. The third-order valence-electron chi connectivity index (χ3n) is 1.37. The van der Waals surface area contributed by atoms with Gasteiger partial charge in [0.15, 0.2) is 0 Å². The van der Waals surface area contributed by atoms with Gasteiger partial charge in [-0.15, -0.1) is 12.4 Å². The fourth-order valence-corrected chi connectivity index (χ4v) is 1.36. The highest BCUT2D eigenvalue weighted by atomic mass is 127. The highest BCUT2D eigenvalue weighted by molar-refractivity contribution is 14.1. The number of rotatable bonds is 1. The van der Waals surface area contributed by atoms with Crippen LogP contribution in [0.5, 0.6) is 0 Å². The molecule has 0 aromatic heterocycles. The molecule has 1 aromatic rings. The van der Waals surface area contributed by atoms with E-state index in [1.807, 2.05) is 19.1 Å². The van der Waals surface area contributed by atoms with E-state index in [2.05, 4.69) is 34.7 Å². The van der Waals surface area contributed by atoms with Crippen LogP contribution in [0, 0.1) is 3.57 Å². The van der Waals surface area contributed by atoms with Gasteiger partial charge in [-0.05, 0) is 47.2 Å². The largest absolute Gasteiger partial charge is 0.324 e. The SMILES string of the molecule is C[C@@H](N)c1cccc(I)c1.Cl. The van der Waals surface area contributed by atoms with Crippen molar-refractivity contribution in [3.8, 4) is 0 Å². The van der Waals surface area contributed by atoms with Crippen LogP contribution in [-0.4, -0.2) is 0 Å². The van der Waals surface area contributed by atoms with Crippen LogP contribution in [0.2, 0.25) is 0 Å². The van der Waals surface area contributed by atoms with Gasteiger partial charge in [0, 0.05) is 9.61 Å². The zero-order valence-electron chi connectivity index (χ0n) is 6.25. The molecule has 0 saturated carbocycles. The Labute approximate surface area is 86.9 Å². The van der Waals surface area contributed by atoms with E-state index in [1.54, 1.807) is 0 Å². The fraction of sp³-hybridized carbons (Fsp3) is 0.250. The van der Waals surface area contributed by atoms with Crippen LogP contribution in [0.15, 0.2) is 24.3 Å². The van der Waals surface area contributed by atoms with Crippen LogP contribution in [0.1, 0.15) is 18.5 Å². The minimum Gasteiger partial charge on any atom is -0.324 e. The second-order valence-corrected chi connectivity index (χ2v) is 3.59. The van der Waals surface area contributed by atoms with E-state index in [1.165, 1.54) is 9.13 Å². The van der Waals surface area contributed by atoms with Crippen LogP contribution in [0.25, 0.3) is 0 Å². The van der Waals surface area contributed by atoms with Crippen LogP contribution in [0.4, 0.5) is 0 Å². The Kier molecular flexibility index (Phi) is 5.04. The van der Waals surface area contributed by atoms with E-state index in [-0.39, 0.29) is 18.4 Å². The van der Waals surface area contributed by atoms with Crippen LogP contribution in [-0.2, 0) is 0 Å². The average Bonchev–Trinajstić information content (AvgIpc) is 1.88. The van der Waals surface area contributed by atoms with E-state index >= 15 is 0 Å². The number of benzene rings is 1. The normalized spacial score (nSPS) is 11.9. The summed E-state index contributed by atoms with van der Waals surface area (Å²) >= 11 is 2.28. The second kappa shape index (κ2) is 4.95. The molecule has 1 rings (SSSR count). The smallest absolute Gasteiger partial charge is 0.0266 e. The summed E-state index contributed by atoms with van der Waals surface area (Å²) in [5.41, 5.74) is 6.88. The highest BCUT2D eigenvalue weighted by Gasteiger charge is 1.97. The van der Waals surface area contributed by atoms with Gasteiger partial charge in [-0.25, -0.2) is 0 Å². The van der Waals surface area contributed by atoms with Crippen molar-refractivity contribution in [2.45, 2.75) is 13.0 Å². The molecule has 0 saturated heterocycles. The maximum absolute atomic E-state index is 5.68. The van der Waals surface area contributed by atoms with Crippen molar-refractivity contribution in [1.29, 1.82) is 0 Å². The van der Waals surface area contributed by atoms with E-state index in [4.69, 9.17) is 5.73 Å². The molecule has 0 spiro atoms. The second-order valence-electron chi connectivity index (χ2n) is 2.34. The molecule has 3 heteroatoms. The minimum atomic E-state index is 0. The molecule has 0 bridgehead atoms. The van der Waals surface area contributed by atoms with E-state index in [0.717, 1.165) is 0 Å². The molecular weight excluding hydrogens is 272 g/mol. The lowest BCUT2D eigenvalue weighted by atomic mass is 10.1. The maximum atomic E-state index is 5.68. The number of halogens is 2. The summed E-state index contributed by atoms with van der Waals surface area (Å²) in [6.07, 6.45) is 0. The Morgan fingerprint density at radius 2 is 2.09 bits per heavy atom. The lowest BCUT2D eigenvalue weighted by molar-refractivity contribution is 0.817. The van der Waals surface area contributed by atoms with Gasteiger partial charge in [0.25, 0.3) is 0 Å². The summed E-state index contributed by atoms with van der Waals surface area (Å²) in [6.45, 7) is 1.99. The fourth-order valence-electron chi connectivity index (χ4n) is 0.790. The third kappa shape index (κ3) is 3.40. The quantitative estimate of drug-likeness (QED) is 0.788. The molecule has 0 unspecified atom stereocenters. The molecule has 0 heterocycles. The van der Waals surface area contributed by atoms with Crippen molar-refractivity contribution in [1.82, 2.24) is 0 Å². The zero-order chi connectivity index (χ0) is 7.56. The van der Waals surface area contributed by atoms with Crippen molar-refractivity contribution in [2.75, 3.05) is 0 Å². The van der Waals surface area contributed by atoms with Gasteiger partial charge in [0.2, 0.25) is 0 Å². The summed E-state index contributed by atoms with van der Waals surface area (Å²) in [4.78, 5) is 0. The number of hydrogen-bond donors (Lipinski definition) is 1. The van der Waals surface area contributed by atoms with Gasteiger partial charge in [-0.3, -0.25) is 0 Å². The van der Waals surface area contributed by atoms with Gasteiger partial charge >= 0.3 is 0 Å². The highest BCUT2D eigenvalue weighted by Crippen LogP contribution is 2.12. The van der Waals surface area contributed by atoms with Crippen molar-refractivity contribution in [3.05, 3.63) is 33.4 Å².